The van der Waals surface area contributed by atoms with Gasteiger partial charge in [-0.1, -0.05) is 25.5 Å². The van der Waals surface area contributed by atoms with Crippen LogP contribution in [0.25, 0.3) is 22.5 Å². The lowest BCUT2D eigenvalue weighted by molar-refractivity contribution is -0.143. The molecule has 3 aromatic carbocycles. The predicted octanol–water partition coefficient (Wildman–Crippen LogP) is 4.35. The first-order valence-corrected chi connectivity index (χ1v) is 23.7. The van der Waals surface area contributed by atoms with E-state index in [1.807, 2.05) is 30.3 Å². The fraction of sp³-hybridized carbons (Fsp3) is 0.442. The Morgan fingerprint density at radius 1 is 0.871 bits per heavy atom. The van der Waals surface area contributed by atoms with Gasteiger partial charge in [0.2, 0.25) is 23.6 Å². The van der Waals surface area contributed by atoms with Crippen molar-refractivity contribution in [2.75, 3.05) is 39.9 Å². The molecule has 0 saturated heterocycles. The molecular weight excluding hydrogens is 895 g/mol. The van der Waals surface area contributed by atoms with E-state index in [2.05, 4.69) is 20.6 Å². The summed E-state index contributed by atoms with van der Waals surface area (Å²) in [5.74, 6) is -4.32. The third-order valence-corrected chi connectivity index (χ3v) is 12.6. The maximum absolute atomic E-state index is 14.9. The third-order valence-electron chi connectivity index (χ3n) is 12.6. The number of fused-ring (bicyclic) bond motifs is 5. The number of amides is 4. The van der Waals surface area contributed by atoms with Crippen LogP contribution in [0.15, 0.2) is 60.7 Å². The molecule has 6 rings (SSSR count). The zero-order valence-electron chi connectivity index (χ0n) is 40.3. The van der Waals surface area contributed by atoms with Crippen LogP contribution in [0.3, 0.4) is 0 Å². The molecule has 4 aromatic rings. The molecule has 370 valence electrons. The summed E-state index contributed by atoms with van der Waals surface area (Å²) < 4.78 is 18.4. The second-order valence-electron chi connectivity index (χ2n) is 17.9. The van der Waals surface area contributed by atoms with E-state index in [1.54, 1.807) is 50.2 Å². The Morgan fingerprint density at radius 2 is 1.50 bits per heavy atom. The fourth-order valence-electron chi connectivity index (χ4n) is 9.11. The lowest BCUT2D eigenvalue weighted by Gasteiger charge is -2.32. The number of aryl methyl sites for hydroxylation is 2. The molecule has 0 unspecified atom stereocenters. The number of ether oxygens (including phenoxy) is 3. The first-order chi connectivity index (χ1) is 33.6. The lowest BCUT2D eigenvalue weighted by atomic mass is 9.88. The van der Waals surface area contributed by atoms with Crippen molar-refractivity contribution < 1.29 is 43.0 Å². The molecule has 2 heterocycles. The first-order valence-electron chi connectivity index (χ1n) is 23.7. The van der Waals surface area contributed by atoms with Crippen LogP contribution in [0.4, 0.5) is 0 Å². The van der Waals surface area contributed by atoms with Gasteiger partial charge in [0.1, 0.15) is 49.1 Å². The lowest BCUT2D eigenvalue weighted by Crippen LogP contribution is -2.50. The quantitative estimate of drug-likeness (QED) is 0.0685. The molecule has 1 aliphatic heterocycles. The zero-order chi connectivity index (χ0) is 50.5. The standard InChI is InChI=1S/C52H63N9O9/c1-30-24-43(63)48(35-13-17-45(69-23-20-55)40(27-35)39-25-33(10-16-44(39)68-22-19-54)26-41(60-50(30)65)51(66)57-21-18-53)61(4)52(67)36(29-46(56)64)28-42(62)47-31(2)58-49(59-32(47)3)34-11-14-38(15-12-34)70-37-8-6-5-7-9-37/h10-17,25,27,30,36-37,41,48H,5-9,19-24,26,28-29,54-55H2,1-4H3,(H2,56,64)(H,57,66)(H,60,65)/t30-,36+,41+,48+/m1/s1. The molecule has 70 heavy (non-hydrogen) atoms. The number of nitriles is 1. The topological polar surface area (TPSA) is 285 Å². The van der Waals surface area contributed by atoms with E-state index in [0.29, 0.717) is 51.0 Å². The van der Waals surface area contributed by atoms with Crippen molar-refractivity contribution in [2.45, 2.75) is 96.7 Å². The van der Waals surface area contributed by atoms with Gasteiger partial charge in [0.25, 0.3) is 0 Å². The Labute approximate surface area is 408 Å². The number of nitrogens with one attached hydrogen (secondary N) is 2. The predicted molar refractivity (Wildman–Crippen MR) is 260 cm³/mol. The smallest absolute Gasteiger partial charge is 0.243 e. The molecule has 1 saturated carbocycles. The van der Waals surface area contributed by atoms with Gasteiger partial charge in [-0.25, -0.2) is 9.97 Å². The van der Waals surface area contributed by atoms with Gasteiger partial charge in [0.15, 0.2) is 17.4 Å². The summed E-state index contributed by atoms with van der Waals surface area (Å²) in [4.78, 5) is 94.3. The maximum atomic E-state index is 14.9. The van der Waals surface area contributed by atoms with Crippen LogP contribution in [0, 0.1) is 37.0 Å². The van der Waals surface area contributed by atoms with Gasteiger partial charge in [-0.3, -0.25) is 28.8 Å². The number of benzene rings is 3. The number of nitrogens with two attached hydrogens (primary N) is 3. The number of hydrogen-bond acceptors (Lipinski definition) is 14. The van der Waals surface area contributed by atoms with Gasteiger partial charge in [0.05, 0.1) is 35.0 Å². The monoisotopic (exact) mass is 957 g/mol. The van der Waals surface area contributed by atoms with E-state index < -0.39 is 78.4 Å². The van der Waals surface area contributed by atoms with Crippen LogP contribution in [-0.4, -0.2) is 102 Å². The molecule has 1 aromatic heterocycles. The highest BCUT2D eigenvalue weighted by atomic mass is 16.5. The second-order valence-corrected chi connectivity index (χ2v) is 17.9. The van der Waals surface area contributed by atoms with Gasteiger partial charge in [-0.05, 0) is 99.2 Å². The molecule has 2 aliphatic rings. The summed E-state index contributed by atoms with van der Waals surface area (Å²) in [5, 5.41) is 14.5. The number of rotatable bonds is 18. The summed E-state index contributed by atoms with van der Waals surface area (Å²) in [6, 6.07) is 17.0. The summed E-state index contributed by atoms with van der Waals surface area (Å²) in [6.45, 7) is 5.18. The van der Waals surface area contributed by atoms with Crippen molar-refractivity contribution in [1.29, 1.82) is 5.26 Å². The van der Waals surface area contributed by atoms with E-state index in [4.69, 9.17) is 31.4 Å². The zero-order valence-corrected chi connectivity index (χ0v) is 40.3. The molecular formula is C52H63N9O9. The Morgan fingerprint density at radius 3 is 2.11 bits per heavy atom. The minimum atomic E-state index is -1.38. The molecule has 0 radical (unpaired) electrons. The Hall–Kier alpha value is -7.23. The molecule has 18 heteroatoms. The highest BCUT2D eigenvalue weighted by Crippen LogP contribution is 2.41. The van der Waals surface area contributed by atoms with Crippen molar-refractivity contribution >= 4 is 35.2 Å². The Balaban J connectivity index is 1.36. The normalized spacial score (nSPS) is 17.8. The van der Waals surface area contributed by atoms with E-state index in [-0.39, 0.29) is 50.9 Å². The molecule has 4 bridgehead atoms. The van der Waals surface area contributed by atoms with Crippen LogP contribution >= 0.6 is 0 Å². The molecule has 18 nitrogen and oxygen atoms in total. The van der Waals surface area contributed by atoms with E-state index in [1.165, 1.54) is 25.3 Å². The third kappa shape index (κ3) is 13.1. The van der Waals surface area contributed by atoms with Crippen LogP contribution in [0.1, 0.15) is 97.2 Å². The number of aromatic nitrogens is 2. The van der Waals surface area contributed by atoms with Gasteiger partial charge < -0.3 is 46.9 Å². The SMILES string of the molecule is Cc1nc(-c2ccc(OC3CCCCC3)cc2)nc(C)c1C(=O)C[C@@H](CC(N)=O)C(=O)N(C)[C@@H]1C(=O)C[C@@H](C)C(=O)N[C@H](C(=O)NCC#N)Cc2ccc(OCCN)c(c2)-c2cc1ccc2OCCN. The van der Waals surface area contributed by atoms with Crippen molar-refractivity contribution in [3.63, 3.8) is 0 Å². The van der Waals surface area contributed by atoms with E-state index >= 15 is 0 Å². The molecule has 0 spiro atoms. The van der Waals surface area contributed by atoms with E-state index in [9.17, 15) is 34.0 Å². The first kappa shape index (κ1) is 52.1. The van der Waals surface area contributed by atoms with Crippen LogP contribution < -0.4 is 42.0 Å². The number of carbonyl (C=O) groups is 6. The van der Waals surface area contributed by atoms with Crippen molar-refractivity contribution in [3.05, 3.63) is 88.7 Å². The Bertz CT molecular complexity index is 2590. The minimum absolute atomic E-state index is 0.00557. The number of nitrogens with zero attached hydrogens (tertiary/aromatic N) is 4. The van der Waals surface area contributed by atoms with E-state index in [0.717, 1.165) is 37.0 Å². The molecule has 4 amide bonds. The second kappa shape index (κ2) is 24.4. The fourth-order valence-corrected chi connectivity index (χ4v) is 9.11. The molecule has 1 aliphatic carbocycles. The van der Waals surface area contributed by atoms with Gasteiger partial charge in [-0.15, -0.1) is 0 Å². The number of Topliss-reactive ketones (excluding diaryl/α,β-unsaturated/α-hetero) is 2. The molecule has 1 fully saturated rings. The maximum Gasteiger partial charge on any atom is 0.243 e. The molecule has 4 atom stereocenters. The summed E-state index contributed by atoms with van der Waals surface area (Å²) in [6.07, 6.45) is 4.39. The number of primary amides is 1. The van der Waals surface area contributed by atoms with Gasteiger partial charge in [-0.2, -0.15) is 5.26 Å². The summed E-state index contributed by atoms with van der Waals surface area (Å²) >= 11 is 0. The highest BCUT2D eigenvalue weighted by molar-refractivity contribution is 6.02. The minimum Gasteiger partial charge on any atom is -0.492 e. The molecule has 8 N–H and O–H groups in total. The number of likely N-dealkylation sites (N-methyl/N-ethyl adjacent to an activating group) is 1. The number of ketones is 2. The van der Waals surface area contributed by atoms with Gasteiger partial charge >= 0.3 is 0 Å². The average molecular weight is 958 g/mol. The van der Waals surface area contributed by atoms with Crippen LogP contribution in [0.5, 0.6) is 17.2 Å². The average Bonchev–Trinajstić information content (AvgIpc) is 3.33. The van der Waals surface area contributed by atoms with Crippen LogP contribution in [-0.2, 0) is 30.4 Å². The van der Waals surface area contributed by atoms with Crippen LogP contribution in [0.2, 0.25) is 0 Å². The summed E-state index contributed by atoms with van der Waals surface area (Å²) in [5.41, 5.74) is 20.9. The summed E-state index contributed by atoms with van der Waals surface area (Å²) in [7, 11) is 1.39. The van der Waals surface area contributed by atoms with Crippen molar-refractivity contribution in [2.24, 2.45) is 29.0 Å². The largest absolute Gasteiger partial charge is 0.492 e. The van der Waals surface area contributed by atoms with Crippen molar-refractivity contribution in [3.8, 4) is 45.8 Å². The van der Waals surface area contributed by atoms with Crippen molar-refractivity contribution in [1.82, 2.24) is 25.5 Å². The van der Waals surface area contributed by atoms with Gasteiger partial charge in [0, 0.05) is 68.4 Å². The Kier molecular flexibility index (Phi) is 18.1. The number of carbonyl (C=O) groups excluding carboxylic acids is 6. The highest BCUT2D eigenvalue weighted by Gasteiger charge is 2.37. The number of hydrogen-bond donors (Lipinski definition) is 5.